The summed E-state index contributed by atoms with van der Waals surface area (Å²) in [6.07, 6.45) is 7.47. The van der Waals surface area contributed by atoms with Gasteiger partial charge in [0.1, 0.15) is 6.54 Å². The van der Waals surface area contributed by atoms with Gasteiger partial charge in [0.2, 0.25) is 5.78 Å². The number of carboxylic acid groups (broad SMARTS) is 1. The lowest BCUT2D eigenvalue weighted by atomic mass is 9.87. The predicted octanol–water partition coefficient (Wildman–Crippen LogP) is 1.08. The first-order chi connectivity index (χ1) is 10.0. The molecule has 6 nitrogen and oxygen atoms in total. The van der Waals surface area contributed by atoms with Crippen LogP contribution in [0.3, 0.4) is 0 Å². The average molecular weight is 288 g/mol. The fourth-order valence-electron chi connectivity index (χ4n) is 3.29. The lowest BCUT2D eigenvalue weighted by Gasteiger charge is -2.34. The lowest BCUT2D eigenvalue weighted by Crippen LogP contribution is -2.40. The van der Waals surface area contributed by atoms with Crippen LogP contribution in [0.5, 0.6) is 0 Å². The van der Waals surface area contributed by atoms with Crippen LogP contribution < -0.4 is 5.32 Å². The van der Waals surface area contributed by atoms with Crippen LogP contribution in [0.4, 0.5) is 0 Å². The third-order valence-corrected chi connectivity index (χ3v) is 4.23. The number of aromatic nitrogens is 1. The lowest BCUT2D eigenvalue weighted by molar-refractivity contribution is -0.137. The van der Waals surface area contributed by atoms with Gasteiger partial charge in [-0.15, -0.1) is 0 Å². The Hall–Kier alpha value is -2.37. The number of carbonyl (C=O) groups is 3. The summed E-state index contributed by atoms with van der Waals surface area (Å²) in [5, 5.41) is 10.9. The Morgan fingerprint density at radius 1 is 1.33 bits per heavy atom. The second kappa shape index (κ2) is 4.87. The number of carboxylic acids is 1. The Kier molecular flexibility index (Phi) is 3.16. The zero-order valence-corrected chi connectivity index (χ0v) is 11.5. The summed E-state index contributed by atoms with van der Waals surface area (Å²) < 4.78 is 1.95. The minimum absolute atomic E-state index is 0.0596. The molecular weight excluding hydrogens is 272 g/mol. The number of rotatable bonds is 3. The Labute approximate surface area is 121 Å². The number of carbonyl (C=O) groups excluding carboxylic acids is 2. The van der Waals surface area contributed by atoms with E-state index in [4.69, 9.17) is 5.11 Å². The van der Waals surface area contributed by atoms with E-state index in [1.165, 1.54) is 0 Å². The van der Waals surface area contributed by atoms with Crippen molar-refractivity contribution in [3.63, 3.8) is 0 Å². The maximum atomic E-state index is 12.4. The normalized spacial score (nSPS) is 19.2. The number of nitrogens with zero attached hydrogens (tertiary/aromatic N) is 1. The first-order valence-corrected chi connectivity index (χ1v) is 6.99. The van der Waals surface area contributed by atoms with Crippen LogP contribution in [-0.4, -0.2) is 33.9 Å². The third-order valence-electron chi connectivity index (χ3n) is 4.23. The van der Waals surface area contributed by atoms with Gasteiger partial charge in [-0.3, -0.25) is 14.4 Å². The minimum Gasteiger partial charge on any atom is -0.480 e. The molecule has 0 bridgehead atoms. The number of allylic oxidation sites excluding steroid dienone is 1. The molecule has 1 aromatic rings. The molecule has 1 spiro atoms. The second-order valence-corrected chi connectivity index (χ2v) is 5.54. The Bertz CT molecular complexity index is 650. The van der Waals surface area contributed by atoms with E-state index in [-0.39, 0.29) is 16.9 Å². The summed E-state index contributed by atoms with van der Waals surface area (Å²) in [5.41, 5.74) is 0.243. The smallest absolute Gasteiger partial charge is 0.322 e. The van der Waals surface area contributed by atoms with Crippen molar-refractivity contribution in [1.29, 1.82) is 0 Å². The summed E-state index contributed by atoms with van der Waals surface area (Å²) >= 11 is 0. The number of nitrogens with one attached hydrogen (secondary N) is 1. The van der Waals surface area contributed by atoms with Crippen LogP contribution in [-0.2, 0) is 15.1 Å². The van der Waals surface area contributed by atoms with Crippen LogP contribution in [0.2, 0.25) is 0 Å². The molecule has 6 heteroatoms. The molecule has 0 saturated heterocycles. The molecule has 110 valence electrons. The standard InChI is InChI=1S/C15H16N2O4/c18-12(19)9-16-14(21)10-8-15(5-1-2-6-15)17-7-3-4-11(17)13(10)20/h3-4,7-8H,1-2,5-6,9H2,(H,16,21)(H,18,19). The van der Waals surface area contributed by atoms with Gasteiger partial charge in [-0.05, 0) is 31.1 Å². The summed E-state index contributed by atoms with van der Waals surface area (Å²) in [7, 11) is 0. The number of Topliss-reactive ketones (excluding diaryl/α,β-unsaturated/α-hetero) is 1. The van der Waals surface area contributed by atoms with Crippen LogP contribution in [0.25, 0.3) is 0 Å². The van der Waals surface area contributed by atoms with E-state index >= 15 is 0 Å². The van der Waals surface area contributed by atoms with Crippen molar-refractivity contribution in [2.45, 2.75) is 31.2 Å². The summed E-state index contributed by atoms with van der Waals surface area (Å²) in [6.45, 7) is -0.489. The third kappa shape index (κ3) is 2.16. The quantitative estimate of drug-likeness (QED) is 0.815. The van der Waals surface area contributed by atoms with Gasteiger partial charge in [-0.1, -0.05) is 12.8 Å². The molecule has 1 aromatic heterocycles. The molecule has 1 saturated carbocycles. The molecule has 0 radical (unpaired) electrons. The van der Waals surface area contributed by atoms with Crippen molar-refractivity contribution in [3.8, 4) is 0 Å². The molecular formula is C15H16N2O4. The molecule has 1 aliphatic carbocycles. The number of aliphatic carboxylic acids is 1. The van der Waals surface area contributed by atoms with Gasteiger partial charge in [-0.25, -0.2) is 0 Å². The van der Waals surface area contributed by atoms with Crippen molar-refractivity contribution in [3.05, 3.63) is 35.7 Å². The summed E-state index contributed by atoms with van der Waals surface area (Å²) in [4.78, 5) is 35.1. The first kappa shape index (κ1) is 13.6. The van der Waals surface area contributed by atoms with E-state index in [1.54, 1.807) is 18.2 Å². The van der Waals surface area contributed by atoms with Crippen LogP contribution in [0.15, 0.2) is 30.0 Å². The number of hydrogen-bond acceptors (Lipinski definition) is 3. The van der Waals surface area contributed by atoms with Crippen molar-refractivity contribution in [2.75, 3.05) is 6.54 Å². The fourth-order valence-corrected chi connectivity index (χ4v) is 3.29. The van der Waals surface area contributed by atoms with Gasteiger partial charge in [0.15, 0.2) is 0 Å². The number of ketones is 1. The van der Waals surface area contributed by atoms with Crippen LogP contribution >= 0.6 is 0 Å². The topological polar surface area (TPSA) is 88.4 Å². The SMILES string of the molecule is O=C(O)CNC(=O)C1=CC2(CCCC2)n2cccc2C1=O. The molecule has 0 unspecified atom stereocenters. The average Bonchev–Trinajstić information content (AvgIpc) is 3.10. The largest absolute Gasteiger partial charge is 0.480 e. The molecule has 0 aromatic carbocycles. The summed E-state index contributed by atoms with van der Waals surface area (Å²) in [6, 6.07) is 3.51. The molecule has 2 heterocycles. The number of hydrogen-bond donors (Lipinski definition) is 2. The molecule has 0 atom stereocenters. The molecule has 1 aliphatic heterocycles. The molecule has 2 aliphatic rings. The molecule has 1 fully saturated rings. The fraction of sp³-hybridized carbons (Fsp3) is 0.400. The van der Waals surface area contributed by atoms with Crippen molar-refractivity contribution < 1.29 is 19.5 Å². The van der Waals surface area contributed by atoms with Crippen molar-refractivity contribution in [1.82, 2.24) is 9.88 Å². The van der Waals surface area contributed by atoms with E-state index < -0.39 is 18.4 Å². The summed E-state index contributed by atoms with van der Waals surface area (Å²) in [5.74, 6) is -2.09. The van der Waals surface area contributed by atoms with Gasteiger partial charge in [0.25, 0.3) is 5.91 Å². The van der Waals surface area contributed by atoms with E-state index in [0.717, 1.165) is 25.7 Å². The number of amides is 1. The van der Waals surface area contributed by atoms with E-state index in [1.807, 2.05) is 10.8 Å². The predicted molar refractivity (Wildman–Crippen MR) is 73.9 cm³/mol. The second-order valence-electron chi connectivity index (χ2n) is 5.54. The van der Waals surface area contributed by atoms with E-state index in [2.05, 4.69) is 5.32 Å². The van der Waals surface area contributed by atoms with Gasteiger partial charge in [0, 0.05) is 6.20 Å². The van der Waals surface area contributed by atoms with Gasteiger partial charge in [-0.2, -0.15) is 0 Å². The molecule has 2 N–H and O–H groups in total. The van der Waals surface area contributed by atoms with Crippen LogP contribution in [0, 0.1) is 0 Å². The Morgan fingerprint density at radius 3 is 2.71 bits per heavy atom. The Morgan fingerprint density at radius 2 is 2.05 bits per heavy atom. The zero-order chi connectivity index (χ0) is 15.0. The maximum absolute atomic E-state index is 12.4. The Balaban J connectivity index is 1.97. The zero-order valence-electron chi connectivity index (χ0n) is 11.5. The van der Waals surface area contributed by atoms with Crippen molar-refractivity contribution in [2.24, 2.45) is 0 Å². The highest BCUT2D eigenvalue weighted by molar-refractivity contribution is 6.26. The highest BCUT2D eigenvalue weighted by Gasteiger charge is 2.41. The first-order valence-electron chi connectivity index (χ1n) is 6.99. The van der Waals surface area contributed by atoms with Gasteiger partial charge in [0.05, 0.1) is 16.8 Å². The molecule has 1 amide bonds. The monoisotopic (exact) mass is 288 g/mol. The van der Waals surface area contributed by atoms with E-state index in [0.29, 0.717) is 5.69 Å². The van der Waals surface area contributed by atoms with E-state index in [9.17, 15) is 14.4 Å². The minimum atomic E-state index is -1.13. The van der Waals surface area contributed by atoms with Gasteiger partial charge < -0.3 is 15.0 Å². The van der Waals surface area contributed by atoms with Crippen LogP contribution in [0.1, 0.15) is 36.2 Å². The van der Waals surface area contributed by atoms with Crippen molar-refractivity contribution >= 4 is 17.7 Å². The van der Waals surface area contributed by atoms with Gasteiger partial charge >= 0.3 is 5.97 Å². The molecule has 3 rings (SSSR count). The molecule has 21 heavy (non-hydrogen) atoms. The number of fused-ring (bicyclic) bond motifs is 2. The highest BCUT2D eigenvalue weighted by Crippen LogP contribution is 2.42. The maximum Gasteiger partial charge on any atom is 0.322 e. The highest BCUT2D eigenvalue weighted by atomic mass is 16.4.